The lowest BCUT2D eigenvalue weighted by Gasteiger charge is -2.15. The molecule has 4 heterocycles. The second-order valence-corrected chi connectivity index (χ2v) is 8.16. The third kappa shape index (κ3) is 3.15. The van der Waals surface area contributed by atoms with Crippen molar-refractivity contribution in [2.75, 3.05) is 14.2 Å². The van der Waals surface area contributed by atoms with Gasteiger partial charge in [0.2, 0.25) is 0 Å². The molecule has 3 aromatic rings. The summed E-state index contributed by atoms with van der Waals surface area (Å²) in [6.07, 6.45) is 1.70. The normalized spacial score (nSPS) is 13.0. The first-order valence-electron chi connectivity index (χ1n) is 9.27. The van der Waals surface area contributed by atoms with Crippen molar-refractivity contribution in [2.24, 2.45) is 0 Å². The van der Waals surface area contributed by atoms with Crippen LogP contribution in [0.25, 0.3) is 10.2 Å². The summed E-state index contributed by atoms with van der Waals surface area (Å²) in [6.45, 7) is 4.33. The van der Waals surface area contributed by atoms with E-state index in [9.17, 15) is 14.4 Å². The Bertz CT molecular complexity index is 1200. The first-order valence-corrected chi connectivity index (χ1v) is 10.1. The first-order chi connectivity index (χ1) is 13.8. The second-order valence-electron chi connectivity index (χ2n) is 7.16. The van der Waals surface area contributed by atoms with Crippen LogP contribution in [0.3, 0.4) is 0 Å². The Morgan fingerprint density at radius 1 is 1.38 bits per heavy atom. The summed E-state index contributed by atoms with van der Waals surface area (Å²) in [6, 6.07) is 1.58. The molecule has 1 aliphatic rings. The molecule has 4 rings (SSSR count). The van der Waals surface area contributed by atoms with Crippen LogP contribution in [0.15, 0.2) is 15.3 Å². The van der Waals surface area contributed by atoms with Gasteiger partial charge in [0.15, 0.2) is 0 Å². The second kappa shape index (κ2) is 7.14. The van der Waals surface area contributed by atoms with Gasteiger partial charge in [-0.05, 0) is 31.9 Å². The minimum absolute atomic E-state index is 0.0673. The van der Waals surface area contributed by atoms with Crippen LogP contribution in [0.5, 0.6) is 0 Å². The van der Waals surface area contributed by atoms with Crippen molar-refractivity contribution >= 4 is 33.4 Å². The van der Waals surface area contributed by atoms with Crippen molar-refractivity contribution in [1.29, 1.82) is 0 Å². The molecule has 29 heavy (non-hydrogen) atoms. The summed E-state index contributed by atoms with van der Waals surface area (Å²) in [7, 11) is 2.96. The van der Waals surface area contributed by atoms with E-state index in [1.165, 1.54) is 23.3 Å². The molecule has 152 valence electrons. The molecule has 9 heteroatoms. The molecular formula is C20H21N3O5S. The van der Waals surface area contributed by atoms with Gasteiger partial charge in [0.05, 0.1) is 23.9 Å². The first kappa shape index (κ1) is 19.4. The molecular weight excluding hydrogens is 394 g/mol. The number of carbonyl (C=O) groups excluding carboxylic acids is 2. The number of thiophene rings is 1. The molecule has 0 aromatic carbocycles. The topological polar surface area (TPSA) is 94.6 Å². The van der Waals surface area contributed by atoms with Gasteiger partial charge < -0.3 is 14.1 Å². The maximum absolute atomic E-state index is 13.1. The number of furan rings is 1. The van der Waals surface area contributed by atoms with Gasteiger partial charge in [0, 0.05) is 20.0 Å². The van der Waals surface area contributed by atoms with Crippen molar-refractivity contribution in [3.63, 3.8) is 0 Å². The van der Waals surface area contributed by atoms with Gasteiger partial charge in [0.1, 0.15) is 27.7 Å². The van der Waals surface area contributed by atoms with Crippen LogP contribution in [-0.2, 0) is 24.2 Å². The number of rotatable bonds is 4. The predicted octanol–water partition coefficient (Wildman–Crippen LogP) is 2.67. The quantitative estimate of drug-likeness (QED) is 0.608. The van der Waals surface area contributed by atoms with Gasteiger partial charge in [-0.15, -0.1) is 11.3 Å². The molecule has 0 radical (unpaired) electrons. The number of hydrogen-bond acceptors (Lipinski definition) is 7. The SMILES string of the molecule is COC(=O)c1cc(CN(C)C(=O)c2sc3nc4n(c(=O)c3c2C)CCC4)oc1C. The van der Waals surface area contributed by atoms with E-state index in [0.717, 1.165) is 18.7 Å². The molecule has 8 nitrogen and oxygen atoms in total. The van der Waals surface area contributed by atoms with E-state index in [-0.39, 0.29) is 18.0 Å². The Morgan fingerprint density at radius 2 is 2.14 bits per heavy atom. The van der Waals surface area contributed by atoms with E-state index in [2.05, 4.69) is 4.98 Å². The van der Waals surface area contributed by atoms with Crippen LogP contribution in [-0.4, -0.2) is 40.5 Å². The highest BCUT2D eigenvalue weighted by molar-refractivity contribution is 7.20. The number of ether oxygens (including phenoxy) is 1. The van der Waals surface area contributed by atoms with E-state index < -0.39 is 5.97 Å². The fourth-order valence-corrected chi connectivity index (χ4v) is 4.88. The van der Waals surface area contributed by atoms with Crippen molar-refractivity contribution in [3.05, 3.63) is 49.8 Å². The fourth-order valence-electron chi connectivity index (χ4n) is 3.69. The molecule has 0 fully saturated rings. The van der Waals surface area contributed by atoms with Gasteiger partial charge >= 0.3 is 5.97 Å². The molecule has 0 saturated carbocycles. The zero-order valence-corrected chi connectivity index (χ0v) is 17.5. The molecule has 0 N–H and O–H groups in total. The van der Waals surface area contributed by atoms with Crippen LogP contribution in [0, 0.1) is 13.8 Å². The van der Waals surface area contributed by atoms with E-state index in [1.807, 2.05) is 0 Å². The monoisotopic (exact) mass is 415 g/mol. The lowest BCUT2D eigenvalue weighted by molar-refractivity contribution is 0.0598. The molecule has 0 unspecified atom stereocenters. The Hall–Kier alpha value is -2.94. The standard InChI is InChI=1S/C20H21N3O5S/c1-10-15-17(21-14-6-5-7-23(14)18(15)24)29-16(10)19(25)22(3)9-12-8-13(11(2)28-12)20(26)27-4/h8H,5-7,9H2,1-4H3. The average molecular weight is 415 g/mol. The van der Waals surface area contributed by atoms with Crippen LogP contribution in [0.4, 0.5) is 0 Å². The maximum atomic E-state index is 13.1. The third-order valence-electron chi connectivity index (χ3n) is 5.22. The lowest BCUT2D eigenvalue weighted by atomic mass is 10.2. The summed E-state index contributed by atoms with van der Waals surface area (Å²) in [5.41, 5.74) is 0.933. The lowest BCUT2D eigenvalue weighted by Crippen LogP contribution is -2.26. The number of amides is 1. The van der Waals surface area contributed by atoms with Gasteiger partial charge in [-0.3, -0.25) is 14.2 Å². The van der Waals surface area contributed by atoms with E-state index in [4.69, 9.17) is 9.15 Å². The summed E-state index contributed by atoms with van der Waals surface area (Å²) < 4.78 is 12.0. The predicted molar refractivity (Wildman–Crippen MR) is 108 cm³/mol. The highest BCUT2D eigenvalue weighted by Gasteiger charge is 2.25. The maximum Gasteiger partial charge on any atom is 0.341 e. The highest BCUT2D eigenvalue weighted by Crippen LogP contribution is 2.30. The summed E-state index contributed by atoms with van der Waals surface area (Å²) in [5.74, 6) is 1.01. The molecule has 0 atom stereocenters. The minimum Gasteiger partial charge on any atom is -0.465 e. The van der Waals surface area contributed by atoms with Crippen molar-refractivity contribution < 1.29 is 18.7 Å². The molecule has 0 spiro atoms. The molecule has 3 aromatic heterocycles. The minimum atomic E-state index is -0.480. The van der Waals surface area contributed by atoms with Gasteiger partial charge in [-0.25, -0.2) is 9.78 Å². The van der Waals surface area contributed by atoms with E-state index in [1.54, 1.807) is 31.5 Å². The Balaban J connectivity index is 1.64. The van der Waals surface area contributed by atoms with E-state index in [0.29, 0.717) is 44.3 Å². The largest absolute Gasteiger partial charge is 0.465 e. The van der Waals surface area contributed by atoms with E-state index >= 15 is 0 Å². The van der Waals surface area contributed by atoms with Crippen LogP contribution < -0.4 is 5.56 Å². The highest BCUT2D eigenvalue weighted by atomic mass is 32.1. The number of fused-ring (bicyclic) bond motifs is 2. The zero-order chi connectivity index (χ0) is 20.9. The van der Waals surface area contributed by atoms with Crippen LogP contribution in [0.1, 0.15) is 49.4 Å². The average Bonchev–Trinajstić information content (AvgIpc) is 3.38. The number of carbonyl (C=O) groups is 2. The molecule has 0 bridgehead atoms. The summed E-state index contributed by atoms with van der Waals surface area (Å²) in [5, 5.41) is 0.527. The molecule has 0 saturated heterocycles. The van der Waals surface area contributed by atoms with Gasteiger partial charge in [-0.1, -0.05) is 0 Å². The Labute approximate surface area is 170 Å². The van der Waals surface area contributed by atoms with Crippen molar-refractivity contribution in [3.8, 4) is 0 Å². The van der Waals surface area contributed by atoms with Crippen molar-refractivity contribution in [2.45, 2.75) is 39.8 Å². The zero-order valence-electron chi connectivity index (χ0n) is 16.7. The Kier molecular flexibility index (Phi) is 4.77. The van der Waals surface area contributed by atoms with Crippen molar-refractivity contribution in [1.82, 2.24) is 14.5 Å². The molecule has 0 aliphatic carbocycles. The third-order valence-corrected chi connectivity index (χ3v) is 6.39. The fraction of sp³-hybridized carbons (Fsp3) is 0.400. The van der Waals surface area contributed by atoms with Crippen LogP contribution >= 0.6 is 11.3 Å². The number of esters is 1. The van der Waals surface area contributed by atoms with Gasteiger partial charge in [-0.2, -0.15) is 0 Å². The van der Waals surface area contributed by atoms with Gasteiger partial charge in [0.25, 0.3) is 11.5 Å². The number of methoxy groups -OCH3 is 1. The molecule has 1 aliphatic heterocycles. The van der Waals surface area contributed by atoms with Crippen LogP contribution in [0.2, 0.25) is 0 Å². The smallest absolute Gasteiger partial charge is 0.341 e. The number of nitrogens with zero attached hydrogens (tertiary/aromatic N) is 3. The number of aromatic nitrogens is 2. The Morgan fingerprint density at radius 3 is 2.86 bits per heavy atom. The number of hydrogen-bond donors (Lipinski definition) is 0. The molecule has 1 amide bonds. The summed E-state index contributed by atoms with van der Waals surface area (Å²) in [4.78, 5) is 44.8. The summed E-state index contributed by atoms with van der Waals surface area (Å²) >= 11 is 1.25. The number of aryl methyl sites for hydroxylation is 3.